The Labute approximate surface area is 134 Å². The normalized spacial score (nSPS) is 31.1. The van der Waals surface area contributed by atoms with Crippen molar-refractivity contribution in [3.63, 3.8) is 0 Å². The van der Waals surface area contributed by atoms with E-state index in [1.54, 1.807) is 26.2 Å². The molecule has 2 N–H and O–H groups in total. The fourth-order valence-corrected chi connectivity index (χ4v) is 3.42. The quantitative estimate of drug-likeness (QED) is 0.801. The molecule has 0 saturated carbocycles. The van der Waals surface area contributed by atoms with Gasteiger partial charge >= 0.3 is 5.97 Å². The maximum atomic E-state index is 12.6. The Morgan fingerprint density at radius 1 is 1.39 bits per heavy atom. The molecule has 1 amide bonds. The minimum atomic E-state index is -1.01. The van der Waals surface area contributed by atoms with Gasteiger partial charge in [0.1, 0.15) is 11.7 Å². The summed E-state index contributed by atoms with van der Waals surface area (Å²) in [4.78, 5) is 24.1. The number of ether oxygens (including phenoxy) is 2. The number of carboxylic acid groups (broad SMARTS) is 1. The number of methoxy groups -OCH3 is 1. The summed E-state index contributed by atoms with van der Waals surface area (Å²) in [6.07, 6.45) is 2.97. The number of carbonyl (C=O) groups is 2. The molecule has 0 aliphatic carbocycles. The number of carboxylic acids is 1. The number of fused-ring (bicyclic) bond motifs is 2. The third-order valence-corrected chi connectivity index (χ3v) is 4.55. The van der Waals surface area contributed by atoms with Gasteiger partial charge in [-0.25, -0.2) is 0 Å². The van der Waals surface area contributed by atoms with Crippen LogP contribution in [0.4, 0.5) is 0 Å². The van der Waals surface area contributed by atoms with E-state index in [1.807, 2.05) is 24.3 Å². The van der Waals surface area contributed by atoms with Crippen LogP contribution in [0.2, 0.25) is 0 Å². The molecule has 1 aromatic carbocycles. The van der Waals surface area contributed by atoms with Crippen molar-refractivity contribution in [2.75, 3.05) is 7.11 Å². The monoisotopic (exact) mass is 317 g/mol. The number of aliphatic carboxylic acids is 1. The molecule has 2 aliphatic heterocycles. The van der Waals surface area contributed by atoms with Crippen LogP contribution in [0.1, 0.15) is 12.5 Å². The van der Waals surface area contributed by atoms with Gasteiger partial charge in [-0.05, 0) is 13.0 Å². The first-order valence-electron chi connectivity index (χ1n) is 7.46. The third-order valence-electron chi connectivity index (χ3n) is 4.55. The van der Waals surface area contributed by atoms with Crippen LogP contribution >= 0.6 is 0 Å². The minimum Gasteiger partial charge on any atom is -0.496 e. The summed E-state index contributed by atoms with van der Waals surface area (Å²) in [6, 6.07) is 7.37. The predicted molar refractivity (Wildman–Crippen MR) is 81.9 cm³/mol. The molecule has 2 bridgehead atoms. The summed E-state index contributed by atoms with van der Waals surface area (Å²) in [5.74, 6) is -2.26. The molecule has 1 saturated heterocycles. The number of carbonyl (C=O) groups excluding carboxylic acids is 1. The van der Waals surface area contributed by atoms with Crippen molar-refractivity contribution in [1.29, 1.82) is 0 Å². The molecule has 4 atom stereocenters. The van der Waals surface area contributed by atoms with Crippen LogP contribution in [-0.4, -0.2) is 35.8 Å². The average Bonchev–Trinajstić information content (AvgIpc) is 3.06. The van der Waals surface area contributed by atoms with E-state index in [0.717, 1.165) is 5.56 Å². The van der Waals surface area contributed by atoms with E-state index < -0.39 is 29.5 Å². The lowest BCUT2D eigenvalue weighted by atomic mass is 9.75. The lowest BCUT2D eigenvalue weighted by Gasteiger charge is -2.28. The molecule has 0 unspecified atom stereocenters. The Kier molecular flexibility index (Phi) is 3.85. The summed E-state index contributed by atoms with van der Waals surface area (Å²) >= 11 is 0. The summed E-state index contributed by atoms with van der Waals surface area (Å²) < 4.78 is 10.9. The van der Waals surface area contributed by atoms with Crippen molar-refractivity contribution in [2.45, 2.75) is 25.2 Å². The molecule has 122 valence electrons. The molecule has 6 heteroatoms. The Morgan fingerprint density at radius 3 is 2.83 bits per heavy atom. The van der Waals surface area contributed by atoms with Gasteiger partial charge in [0.25, 0.3) is 0 Å². The first-order valence-corrected chi connectivity index (χ1v) is 7.46. The van der Waals surface area contributed by atoms with Crippen LogP contribution in [0.5, 0.6) is 5.75 Å². The van der Waals surface area contributed by atoms with E-state index in [9.17, 15) is 14.7 Å². The topological polar surface area (TPSA) is 84.9 Å². The second-order valence-corrected chi connectivity index (χ2v) is 6.00. The summed E-state index contributed by atoms with van der Waals surface area (Å²) in [5.41, 5.74) is -0.0292. The predicted octanol–water partition coefficient (Wildman–Crippen LogP) is 1.36. The standard InChI is InChI=1S/C17H19NO5/c1-17-8-7-12(23-17)13(16(20)21)14(17)15(19)18-9-10-5-3-4-6-11(10)22-2/h3-8,12-14H,9H2,1-2H3,(H,18,19)(H,20,21)/t12-,13-,14-,17-/m1/s1. The van der Waals surface area contributed by atoms with E-state index >= 15 is 0 Å². The number of nitrogens with one attached hydrogen (secondary N) is 1. The van der Waals surface area contributed by atoms with Crippen LogP contribution in [0.15, 0.2) is 36.4 Å². The second kappa shape index (κ2) is 5.70. The van der Waals surface area contributed by atoms with Gasteiger partial charge in [0.05, 0.1) is 24.7 Å². The molecule has 23 heavy (non-hydrogen) atoms. The van der Waals surface area contributed by atoms with Crippen molar-refractivity contribution >= 4 is 11.9 Å². The van der Waals surface area contributed by atoms with E-state index in [2.05, 4.69) is 5.32 Å². The van der Waals surface area contributed by atoms with Crippen LogP contribution in [0.25, 0.3) is 0 Å². The molecule has 0 radical (unpaired) electrons. The molecule has 1 aromatic rings. The average molecular weight is 317 g/mol. The molecule has 0 aromatic heterocycles. The van der Waals surface area contributed by atoms with Gasteiger partial charge < -0.3 is 19.9 Å². The van der Waals surface area contributed by atoms with Gasteiger partial charge in [-0.2, -0.15) is 0 Å². The number of benzene rings is 1. The van der Waals surface area contributed by atoms with Crippen molar-refractivity contribution in [1.82, 2.24) is 5.32 Å². The van der Waals surface area contributed by atoms with Crippen LogP contribution in [0.3, 0.4) is 0 Å². The number of rotatable bonds is 5. The van der Waals surface area contributed by atoms with Crippen LogP contribution in [0, 0.1) is 11.8 Å². The first-order chi connectivity index (χ1) is 11.0. The number of hydrogen-bond donors (Lipinski definition) is 2. The summed E-state index contributed by atoms with van der Waals surface area (Å²) in [6.45, 7) is 2.02. The highest BCUT2D eigenvalue weighted by atomic mass is 16.5. The highest BCUT2D eigenvalue weighted by Gasteiger charge is 2.59. The van der Waals surface area contributed by atoms with E-state index in [1.165, 1.54) is 0 Å². The Hall–Kier alpha value is -2.34. The zero-order valence-corrected chi connectivity index (χ0v) is 13.0. The minimum absolute atomic E-state index is 0.274. The smallest absolute Gasteiger partial charge is 0.310 e. The highest BCUT2D eigenvalue weighted by molar-refractivity contribution is 5.88. The van der Waals surface area contributed by atoms with Gasteiger partial charge in [-0.1, -0.05) is 30.4 Å². The maximum absolute atomic E-state index is 12.6. The second-order valence-electron chi connectivity index (χ2n) is 6.00. The van der Waals surface area contributed by atoms with Gasteiger partial charge in [-0.15, -0.1) is 0 Å². The van der Waals surface area contributed by atoms with Crippen LogP contribution < -0.4 is 10.1 Å². The zero-order valence-electron chi connectivity index (χ0n) is 13.0. The van der Waals surface area contributed by atoms with E-state index in [4.69, 9.17) is 9.47 Å². The fraction of sp³-hybridized carbons (Fsp3) is 0.412. The number of para-hydroxylation sites is 1. The van der Waals surface area contributed by atoms with Crippen molar-refractivity contribution in [3.05, 3.63) is 42.0 Å². The van der Waals surface area contributed by atoms with Gasteiger partial charge in [-0.3, -0.25) is 9.59 Å². The lowest BCUT2D eigenvalue weighted by molar-refractivity contribution is -0.147. The Balaban J connectivity index is 1.75. The number of amides is 1. The molecule has 1 fully saturated rings. The number of hydrogen-bond acceptors (Lipinski definition) is 4. The van der Waals surface area contributed by atoms with E-state index in [-0.39, 0.29) is 12.5 Å². The van der Waals surface area contributed by atoms with Gasteiger partial charge in [0.2, 0.25) is 5.91 Å². The molecule has 6 nitrogen and oxygen atoms in total. The van der Waals surface area contributed by atoms with Crippen molar-refractivity contribution < 1.29 is 24.2 Å². The molecule has 3 rings (SSSR count). The molecular formula is C17H19NO5. The highest BCUT2D eigenvalue weighted by Crippen LogP contribution is 2.47. The summed E-state index contributed by atoms with van der Waals surface area (Å²) in [7, 11) is 1.57. The zero-order chi connectivity index (χ0) is 16.6. The van der Waals surface area contributed by atoms with Crippen LogP contribution in [-0.2, 0) is 20.9 Å². The third kappa shape index (κ3) is 2.59. The fourth-order valence-electron chi connectivity index (χ4n) is 3.42. The molecular weight excluding hydrogens is 298 g/mol. The van der Waals surface area contributed by atoms with Crippen molar-refractivity contribution in [3.8, 4) is 5.75 Å². The lowest BCUT2D eigenvalue weighted by Crippen LogP contribution is -2.46. The molecule has 2 heterocycles. The largest absolute Gasteiger partial charge is 0.496 e. The Bertz CT molecular complexity index is 671. The van der Waals surface area contributed by atoms with E-state index in [0.29, 0.717) is 5.75 Å². The SMILES string of the molecule is COc1ccccc1CNC(=O)[C@H]1[C@H](C(=O)O)[C@H]2C=C[C@@]1(C)O2. The van der Waals surface area contributed by atoms with Gasteiger partial charge in [0.15, 0.2) is 0 Å². The Morgan fingerprint density at radius 2 is 2.13 bits per heavy atom. The van der Waals surface area contributed by atoms with Crippen molar-refractivity contribution in [2.24, 2.45) is 11.8 Å². The summed E-state index contributed by atoms with van der Waals surface area (Å²) in [5, 5.41) is 12.2. The molecule has 0 spiro atoms. The first kappa shape index (κ1) is 15.6. The van der Waals surface area contributed by atoms with Gasteiger partial charge in [0, 0.05) is 12.1 Å². The molecule has 2 aliphatic rings. The maximum Gasteiger partial charge on any atom is 0.310 e.